The number of Topliss-reactive ketones (excluding diaryl/α,β-unsaturated/α-hetero) is 1. The molecule has 18 heteroatoms. The van der Waals surface area contributed by atoms with Gasteiger partial charge in [0.1, 0.15) is 0 Å². The van der Waals surface area contributed by atoms with E-state index in [1.807, 2.05) is 65.3 Å². The number of amides is 4. The average Bonchev–Trinajstić information content (AvgIpc) is 3.62. The number of alkyl halides is 3. The minimum Gasteiger partial charge on any atom is -0.379 e. The third-order valence-electron chi connectivity index (χ3n) is 11.2. The van der Waals surface area contributed by atoms with E-state index in [0.717, 1.165) is 24.3 Å². The molecule has 330 valence electrons. The van der Waals surface area contributed by atoms with Crippen molar-refractivity contribution in [3.63, 3.8) is 0 Å². The standard InChI is InChI=1S/C40H64F3N5O9S/c1-13-25(6)35(47(10)38(52)29(23(2)3)21-31(49)34(24(4)5)46(8)9)32(56-11)22-33(50)48-20-14-15-30(48)36(57-12)26(7)37(51)45-58(54,55)28-18-16-27(17-19-28)44-39(53)40(41,42)43/h16-19,23-26,29-30,32,34-36H,13-15,20-22H2,1-12H3,(H,44,53)(H,45,51)/t25-,26+,29-,30-,32+,34-,35-,36+/m0/s1. The SMILES string of the molecule is CC[C@H](C)[C@@H]([C@@H](CC(=O)N1CCC[C@H]1[C@H](OC)[C@@H](C)C(=O)NS(=O)(=O)c1ccc(NC(=O)C(F)(F)F)cc1)OC)N(C)C(=O)[C@@H](CC(=O)[C@H](C(C)C)N(C)C)C(C)C. The topological polar surface area (TPSA) is 172 Å². The van der Waals surface area contributed by atoms with Gasteiger partial charge in [0, 0.05) is 45.8 Å². The van der Waals surface area contributed by atoms with Crippen LogP contribution < -0.4 is 10.0 Å². The highest BCUT2D eigenvalue weighted by Gasteiger charge is 2.44. The minimum atomic E-state index is -5.14. The maximum atomic E-state index is 14.3. The predicted octanol–water partition coefficient (Wildman–Crippen LogP) is 4.73. The number of ether oxygens (including phenoxy) is 2. The van der Waals surface area contributed by atoms with Gasteiger partial charge >= 0.3 is 12.1 Å². The lowest BCUT2D eigenvalue weighted by Gasteiger charge is -2.41. The molecule has 1 fully saturated rings. The van der Waals surface area contributed by atoms with E-state index >= 15 is 0 Å². The highest BCUT2D eigenvalue weighted by Crippen LogP contribution is 2.31. The fourth-order valence-electron chi connectivity index (χ4n) is 7.97. The summed E-state index contributed by atoms with van der Waals surface area (Å²) in [6.45, 7) is 13.6. The fourth-order valence-corrected chi connectivity index (χ4v) is 9.04. The number of nitrogens with one attached hydrogen (secondary N) is 2. The van der Waals surface area contributed by atoms with Crippen LogP contribution in [-0.2, 0) is 43.5 Å². The Morgan fingerprint density at radius 1 is 0.914 bits per heavy atom. The molecule has 1 aromatic rings. The highest BCUT2D eigenvalue weighted by atomic mass is 32.2. The monoisotopic (exact) mass is 847 g/mol. The number of carbonyl (C=O) groups is 5. The molecule has 1 aliphatic heterocycles. The molecule has 1 aromatic carbocycles. The lowest BCUT2D eigenvalue weighted by atomic mass is 9.83. The van der Waals surface area contributed by atoms with Crippen molar-refractivity contribution in [2.75, 3.05) is 47.2 Å². The Kier molecular flexibility index (Phi) is 18.8. The molecule has 2 rings (SSSR count). The lowest BCUT2D eigenvalue weighted by Crippen LogP contribution is -2.54. The van der Waals surface area contributed by atoms with Crippen LogP contribution >= 0.6 is 0 Å². The van der Waals surface area contributed by atoms with E-state index in [9.17, 15) is 45.6 Å². The Labute approximate surface area is 342 Å². The van der Waals surface area contributed by atoms with Crippen molar-refractivity contribution < 1.29 is 55.0 Å². The van der Waals surface area contributed by atoms with Gasteiger partial charge in [0.05, 0.1) is 47.6 Å². The summed E-state index contributed by atoms with van der Waals surface area (Å²) in [5, 5.41) is 1.62. The first-order valence-corrected chi connectivity index (χ1v) is 21.2. The number of methoxy groups -OCH3 is 2. The zero-order chi connectivity index (χ0) is 44.4. The number of ketones is 1. The van der Waals surface area contributed by atoms with Gasteiger partial charge in [0.25, 0.3) is 10.0 Å². The number of carbonyl (C=O) groups excluding carboxylic acids is 5. The van der Waals surface area contributed by atoms with Crippen LogP contribution in [0.2, 0.25) is 0 Å². The summed E-state index contributed by atoms with van der Waals surface area (Å²) in [4.78, 5) is 71.2. The molecule has 1 aliphatic rings. The summed E-state index contributed by atoms with van der Waals surface area (Å²) in [6.07, 6.45) is -5.13. The Hall–Kier alpha value is -3.61. The van der Waals surface area contributed by atoms with Crippen molar-refractivity contribution in [1.82, 2.24) is 19.4 Å². The van der Waals surface area contributed by atoms with Gasteiger partial charge in [-0.1, -0.05) is 54.9 Å². The van der Waals surface area contributed by atoms with Crippen molar-refractivity contribution in [2.24, 2.45) is 29.6 Å². The molecule has 1 saturated heterocycles. The van der Waals surface area contributed by atoms with Gasteiger partial charge in [-0.05, 0) is 69.0 Å². The number of nitrogens with zero attached hydrogens (tertiary/aromatic N) is 3. The number of benzene rings is 1. The van der Waals surface area contributed by atoms with Crippen LogP contribution in [0.25, 0.3) is 0 Å². The fraction of sp³-hybridized carbons (Fsp3) is 0.725. The number of rotatable bonds is 21. The number of sulfonamides is 1. The zero-order valence-electron chi connectivity index (χ0n) is 35.9. The number of anilines is 1. The molecule has 2 N–H and O–H groups in total. The van der Waals surface area contributed by atoms with Crippen LogP contribution in [0.1, 0.15) is 80.6 Å². The van der Waals surface area contributed by atoms with Crippen LogP contribution in [0.4, 0.5) is 18.9 Å². The van der Waals surface area contributed by atoms with Crippen molar-refractivity contribution in [3.8, 4) is 0 Å². The molecule has 4 amide bonds. The summed E-state index contributed by atoms with van der Waals surface area (Å²) in [5.41, 5.74) is -0.303. The number of hydrogen-bond donors (Lipinski definition) is 2. The van der Waals surface area contributed by atoms with Crippen molar-refractivity contribution in [3.05, 3.63) is 24.3 Å². The number of likely N-dealkylation sites (tertiary alicyclic amines) is 1. The second-order valence-corrected chi connectivity index (χ2v) is 17.9. The van der Waals surface area contributed by atoms with Crippen molar-refractivity contribution >= 4 is 45.1 Å². The van der Waals surface area contributed by atoms with Crippen LogP contribution in [0, 0.1) is 29.6 Å². The molecular formula is C40H64F3N5O9S. The Morgan fingerprint density at radius 2 is 1.50 bits per heavy atom. The number of halogens is 3. The van der Waals surface area contributed by atoms with Crippen LogP contribution in [0.3, 0.4) is 0 Å². The predicted molar refractivity (Wildman–Crippen MR) is 213 cm³/mol. The second kappa shape index (κ2) is 21.6. The normalized spacial score (nSPS) is 18.7. The maximum absolute atomic E-state index is 14.3. The van der Waals surface area contributed by atoms with E-state index in [0.29, 0.717) is 25.8 Å². The van der Waals surface area contributed by atoms with Gasteiger partial charge in [0.15, 0.2) is 5.78 Å². The van der Waals surface area contributed by atoms with E-state index in [-0.39, 0.29) is 59.9 Å². The molecule has 58 heavy (non-hydrogen) atoms. The second-order valence-electron chi connectivity index (χ2n) is 16.2. The van der Waals surface area contributed by atoms with Gasteiger partial charge < -0.3 is 24.6 Å². The summed E-state index contributed by atoms with van der Waals surface area (Å²) in [7, 11) is 3.73. The zero-order valence-corrected chi connectivity index (χ0v) is 36.7. The van der Waals surface area contributed by atoms with Crippen LogP contribution in [0.5, 0.6) is 0 Å². The van der Waals surface area contributed by atoms with Crippen LogP contribution in [-0.4, -0.2) is 131 Å². The first-order chi connectivity index (χ1) is 26.8. The molecule has 0 aliphatic carbocycles. The van der Waals surface area contributed by atoms with Crippen LogP contribution in [0.15, 0.2) is 29.2 Å². The maximum Gasteiger partial charge on any atom is 0.471 e. The summed E-state index contributed by atoms with van der Waals surface area (Å²) >= 11 is 0. The molecule has 0 spiro atoms. The quantitative estimate of drug-likeness (QED) is 0.176. The number of hydrogen-bond acceptors (Lipinski definition) is 10. The van der Waals surface area contributed by atoms with Gasteiger partial charge in [-0.15, -0.1) is 0 Å². The van der Waals surface area contributed by atoms with Gasteiger partial charge in [-0.3, -0.25) is 28.9 Å². The van der Waals surface area contributed by atoms with Crippen molar-refractivity contribution in [2.45, 2.75) is 122 Å². The Bertz CT molecular complexity index is 1670. The molecule has 1 heterocycles. The van der Waals surface area contributed by atoms with Gasteiger partial charge in [-0.2, -0.15) is 13.2 Å². The molecule has 0 radical (unpaired) electrons. The smallest absolute Gasteiger partial charge is 0.379 e. The first kappa shape index (κ1) is 50.5. The third-order valence-corrected chi connectivity index (χ3v) is 12.6. The molecule has 0 aromatic heterocycles. The third kappa shape index (κ3) is 12.9. The summed E-state index contributed by atoms with van der Waals surface area (Å²) < 4.78 is 77.7. The summed E-state index contributed by atoms with van der Waals surface area (Å²) in [6, 6.07) is 2.31. The van der Waals surface area contributed by atoms with Gasteiger partial charge in [0.2, 0.25) is 17.7 Å². The van der Waals surface area contributed by atoms with E-state index < -0.39 is 69.0 Å². The first-order valence-electron chi connectivity index (χ1n) is 19.7. The van der Waals surface area contributed by atoms with E-state index in [1.165, 1.54) is 21.1 Å². The lowest BCUT2D eigenvalue weighted by molar-refractivity contribution is -0.167. The largest absolute Gasteiger partial charge is 0.471 e. The van der Waals surface area contributed by atoms with Crippen molar-refractivity contribution in [1.29, 1.82) is 0 Å². The molecule has 8 atom stereocenters. The molecule has 0 bridgehead atoms. The Balaban J connectivity index is 2.27. The van der Waals surface area contributed by atoms with E-state index in [1.54, 1.807) is 22.2 Å². The summed E-state index contributed by atoms with van der Waals surface area (Å²) in [5.74, 6) is -5.54. The van der Waals surface area contributed by atoms with E-state index in [4.69, 9.17) is 9.47 Å². The minimum absolute atomic E-state index is 0.0134. The average molecular weight is 848 g/mol. The van der Waals surface area contributed by atoms with Gasteiger partial charge in [-0.25, -0.2) is 13.1 Å². The highest BCUT2D eigenvalue weighted by molar-refractivity contribution is 7.90. The Morgan fingerprint density at radius 3 is 1.97 bits per heavy atom. The number of likely N-dealkylation sites (N-methyl/N-ethyl adjacent to an activating group) is 2. The van der Waals surface area contributed by atoms with E-state index in [2.05, 4.69) is 0 Å². The molecule has 0 saturated carbocycles. The molecular weight excluding hydrogens is 784 g/mol. The molecule has 14 nitrogen and oxygen atoms in total. The molecule has 0 unspecified atom stereocenters.